The van der Waals surface area contributed by atoms with E-state index in [-0.39, 0.29) is 0 Å². The molecule has 0 saturated heterocycles. The van der Waals surface area contributed by atoms with Gasteiger partial charge in [0.2, 0.25) is 0 Å². The van der Waals surface area contributed by atoms with Gasteiger partial charge in [-0.15, -0.1) is 0 Å². The van der Waals surface area contributed by atoms with Crippen LogP contribution in [0.3, 0.4) is 0 Å². The molecule has 0 saturated carbocycles. The van der Waals surface area contributed by atoms with Crippen molar-refractivity contribution in [2.24, 2.45) is 0 Å². The molecule has 52 valence electrons. The fourth-order valence-corrected chi connectivity index (χ4v) is 0.984. The van der Waals surface area contributed by atoms with Crippen LogP contribution < -0.4 is 0 Å². The van der Waals surface area contributed by atoms with Gasteiger partial charge in [-0.1, -0.05) is 0 Å². The molecule has 1 N–H and O–H groups in total. The van der Waals surface area contributed by atoms with Crippen LogP contribution in [0.25, 0.3) is 11.0 Å². The number of nitrogens with one attached hydrogen (secondary N) is 1. The number of hydrogen-bond acceptors (Lipinski definition) is 2. The molecule has 0 unspecified atom stereocenters. The molecule has 2 rings (SSSR count). The van der Waals surface area contributed by atoms with Crippen LogP contribution in [0.2, 0.25) is 0 Å². The number of imidazole rings is 1. The van der Waals surface area contributed by atoms with E-state index in [1.807, 2.05) is 13.0 Å². The summed E-state index contributed by atoms with van der Waals surface area (Å²) in [7, 11) is 0. The molecule has 0 fully saturated rings. The van der Waals surface area contributed by atoms with Gasteiger partial charge in [-0.3, -0.25) is 4.98 Å². The average Bonchev–Trinajstić information content (AvgIpc) is 2.27. The zero-order chi connectivity index (χ0) is 6.97. The quantitative estimate of drug-likeness (QED) is 0.724. The Hall–Kier alpha value is -2.38. The monoisotopic (exact) mass is 400 g/mol. The Labute approximate surface area is 58.1 Å². The maximum absolute atomic E-state index is 4.22. The van der Waals surface area contributed by atoms with Crippen molar-refractivity contribution in [3.63, 3.8) is 0 Å². The fourth-order valence-electron chi connectivity index (χ4n) is 0.984. The Bertz CT molecular complexity index is 322. The summed E-state index contributed by atoms with van der Waals surface area (Å²) in [6.45, 7) is 1.93. The Morgan fingerprint density at radius 3 is 3.00 bits per heavy atom. The largest absolute Gasteiger partial charge is 0.341 e. The Morgan fingerprint density at radius 2 is 2.27 bits per heavy atom. The number of aromatic amines is 1. The fraction of sp³-hybridized carbons (Fsp3) is 0.143. The van der Waals surface area contributed by atoms with Crippen molar-refractivity contribution in [2.75, 3.05) is 0 Å². The zero-order valence-corrected chi connectivity index (χ0v) is 12.7. The SMILES string of the molecule is Cc1nc2ccncc2[nH]1.[Rf]. The summed E-state index contributed by atoms with van der Waals surface area (Å²) in [5, 5.41) is 0. The van der Waals surface area contributed by atoms with E-state index >= 15 is 0 Å². The summed E-state index contributed by atoms with van der Waals surface area (Å²) in [6.07, 6.45) is 3.51. The number of aromatic nitrogens is 3. The number of hydrogen-bond donors (Lipinski definition) is 1. The molecule has 11 heavy (non-hydrogen) atoms. The minimum Gasteiger partial charge on any atom is -0.341 e. The van der Waals surface area contributed by atoms with Crippen molar-refractivity contribution in [1.82, 2.24) is 15.0 Å². The van der Waals surface area contributed by atoms with Crippen molar-refractivity contribution >= 4 is 11.0 Å². The van der Waals surface area contributed by atoms with Crippen LogP contribution in [0, 0.1) is 6.92 Å². The Kier molecular flexibility index (Phi) is 1.28. The molecule has 0 aliphatic heterocycles. The van der Waals surface area contributed by atoms with Crippen molar-refractivity contribution in [3.05, 3.63) is 24.3 Å². The second kappa shape index (κ2) is 2.10. The second-order valence-corrected chi connectivity index (χ2v) is 2.22. The summed E-state index contributed by atoms with van der Waals surface area (Å²) in [4.78, 5) is 11.3. The van der Waals surface area contributed by atoms with E-state index in [2.05, 4.69) is 15.0 Å². The van der Waals surface area contributed by atoms with Crippen molar-refractivity contribution < 1.29 is 0 Å². The van der Waals surface area contributed by atoms with Crippen LogP contribution in [-0.2, 0) is 0 Å². The van der Waals surface area contributed by atoms with Crippen LogP contribution in [0.5, 0.6) is 0 Å². The first-order valence-corrected chi connectivity index (χ1v) is 3.12. The van der Waals surface area contributed by atoms with Crippen LogP contribution in [0.4, 0.5) is 0 Å². The molecular formula is C7H7N3Rf. The molecule has 0 spiro atoms. The standard InChI is InChI=1S/C7H7N3.Rf/c1-5-9-6-2-3-8-4-7(6)10-5;/h2-4H,1H3,(H,9,10);. The zero-order valence-electron chi connectivity index (χ0n) is 6.33. The number of aryl methyl sites for hydroxylation is 1. The number of nitrogens with zero attached hydrogens (tertiary/aromatic N) is 2. The molecule has 0 aliphatic rings. The maximum Gasteiger partial charge on any atom is 0.104 e. The molecule has 0 aliphatic carbocycles. The molecule has 2 aromatic heterocycles. The van der Waals surface area contributed by atoms with Gasteiger partial charge in [0.15, 0.2) is 0 Å². The summed E-state index contributed by atoms with van der Waals surface area (Å²) in [5.41, 5.74) is 1.98. The normalized spacial score (nSPS) is 9.55. The van der Waals surface area contributed by atoms with Gasteiger partial charge in [-0.25, -0.2) is 4.98 Å². The van der Waals surface area contributed by atoms with E-state index in [9.17, 15) is 0 Å². The van der Waals surface area contributed by atoms with Crippen molar-refractivity contribution in [2.45, 2.75) is 6.92 Å². The molecular weight excluding hydrogens is 393 g/mol. The molecule has 3 nitrogen and oxygen atoms in total. The summed E-state index contributed by atoms with van der Waals surface area (Å²) in [5.74, 6) is 0.933. The van der Waals surface area contributed by atoms with Gasteiger partial charge in [0.1, 0.15) is 5.82 Å². The first-order valence-electron chi connectivity index (χ1n) is 3.12. The van der Waals surface area contributed by atoms with E-state index in [1.54, 1.807) is 12.4 Å². The molecule has 0 aromatic carbocycles. The Balaban J connectivity index is 0.000000605. The summed E-state index contributed by atoms with van der Waals surface area (Å²) in [6, 6.07) is 1.89. The number of H-pyrrole nitrogens is 1. The van der Waals surface area contributed by atoms with E-state index in [0.29, 0.717) is 0 Å². The third-order valence-electron chi connectivity index (χ3n) is 1.40. The Morgan fingerprint density at radius 1 is 1.45 bits per heavy atom. The molecule has 2 aromatic rings. The van der Waals surface area contributed by atoms with E-state index in [4.69, 9.17) is 0 Å². The number of rotatable bonds is 0. The second-order valence-electron chi connectivity index (χ2n) is 2.22. The van der Waals surface area contributed by atoms with Crippen molar-refractivity contribution in [1.29, 1.82) is 0 Å². The van der Waals surface area contributed by atoms with Gasteiger partial charge in [0.25, 0.3) is 0 Å². The molecule has 0 amide bonds. The van der Waals surface area contributed by atoms with Gasteiger partial charge in [0, 0.05) is 6.20 Å². The van der Waals surface area contributed by atoms with Gasteiger partial charge in [-0.2, -0.15) is 0 Å². The minimum atomic E-state index is 0. The van der Waals surface area contributed by atoms with Gasteiger partial charge in [0.05, 0.1) is 17.2 Å². The third kappa shape index (κ3) is 0.871. The van der Waals surface area contributed by atoms with Crippen LogP contribution in [0.1, 0.15) is 5.82 Å². The predicted octanol–water partition coefficient (Wildman–Crippen LogP) is 1.27. The summed E-state index contributed by atoms with van der Waals surface area (Å²) < 4.78 is 0. The average molecular weight is 400 g/mol. The maximum atomic E-state index is 4.22. The number of pyridine rings is 1. The van der Waals surface area contributed by atoms with Crippen molar-refractivity contribution in [3.8, 4) is 0 Å². The minimum absolute atomic E-state index is 0. The van der Waals surface area contributed by atoms with E-state index < -0.39 is 0 Å². The van der Waals surface area contributed by atoms with Gasteiger partial charge < -0.3 is 4.98 Å². The smallest absolute Gasteiger partial charge is 0.104 e. The predicted molar refractivity (Wildman–Crippen MR) is 38.6 cm³/mol. The number of fused-ring (bicyclic) bond motifs is 1. The first kappa shape index (κ1) is 6.74. The van der Waals surface area contributed by atoms with Crippen LogP contribution in [-0.4, -0.2) is 15.0 Å². The molecule has 0 radical (unpaired) electrons. The summed E-state index contributed by atoms with van der Waals surface area (Å²) >= 11 is 0. The van der Waals surface area contributed by atoms with Crippen LogP contribution >= 0.6 is 0 Å². The molecule has 4 heteroatoms. The van der Waals surface area contributed by atoms with Gasteiger partial charge in [-0.05, 0) is 13.0 Å². The van der Waals surface area contributed by atoms with E-state index in [0.717, 1.165) is 16.9 Å². The molecule has 0 bridgehead atoms. The third-order valence-corrected chi connectivity index (χ3v) is 1.40. The molecule has 2 heterocycles. The van der Waals surface area contributed by atoms with E-state index in [1.165, 1.54) is 0 Å². The first-order chi connectivity index (χ1) is 4.86. The van der Waals surface area contributed by atoms with Crippen LogP contribution in [0.15, 0.2) is 18.5 Å². The van der Waals surface area contributed by atoms with Gasteiger partial charge >= 0.3 is 0 Å². The molecule has 0 atom stereocenters. The topological polar surface area (TPSA) is 41.6 Å².